The topological polar surface area (TPSA) is 135 Å². The first-order chi connectivity index (χ1) is 23.6. The van der Waals surface area contributed by atoms with Crippen LogP contribution in [0.3, 0.4) is 0 Å². The molecule has 1 saturated carbocycles. The van der Waals surface area contributed by atoms with Gasteiger partial charge in [0.2, 0.25) is 10.0 Å². The molecule has 1 fully saturated rings. The summed E-state index contributed by atoms with van der Waals surface area (Å²) in [4.78, 5) is 29.7. The van der Waals surface area contributed by atoms with Gasteiger partial charge in [-0.1, -0.05) is 35.3 Å². The van der Waals surface area contributed by atoms with Crippen molar-refractivity contribution in [3.8, 4) is 11.5 Å². The molecular formula is C34H35Cl2F2N3O8S. The van der Waals surface area contributed by atoms with E-state index in [2.05, 4.69) is 14.4 Å². The summed E-state index contributed by atoms with van der Waals surface area (Å²) in [6.07, 6.45) is 5.34. The lowest BCUT2D eigenvalue weighted by atomic mass is 10.0. The number of esters is 2. The zero-order valence-corrected chi connectivity index (χ0v) is 29.7. The van der Waals surface area contributed by atoms with Crippen LogP contribution in [0.15, 0.2) is 61.1 Å². The second-order valence-corrected chi connectivity index (χ2v) is 15.3. The minimum absolute atomic E-state index is 0.0129. The van der Waals surface area contributed by atoms with Gasteiger partial charge in [-0.2, -0.15) is 8.78 Å². The van der Waals surface area contributed by atoms with Gasteiger partial charge in [-0.05, 0) is 81.0 Å². The number of alkyl halides is 2. The first-order valence-corrected chi connectivity index (χ1v) is 18.0. The highest BCUT2D eigenvalue weighted by molar-refractivity contribution is 7.93. The molecule has 0 unspecified atom stereocenters. The maximum atomic E-state index is 13.5. The molecule has 0 amide bonds. The number of hydrogen-bond acceptors (Lipinski definition) is 9. The molecule has 50 heavy (non-hydrogen) atoms. The predicted octanol–water partition coefficient (Wildman–Crippen LogP) is 7.34. The Hall–Kier alpha value is -4.14. The Morgan fingerprint density at radius 2 is 1.76 bits per heavy atom. The summed E-state index contributed by atoms with van der Waals surface area (Å²) in [6, 6.07) is 10.7. The molecule has 2 aromatic carbocycles. The smallest absolute Gasteiger partial charge is 0.387 e. The van der Waals surface area contributed by atoms with Gasteiger partial charge in [-0.3, -0.25) is 19.3 Å². The lowest BCUT2D eigenvalue weighted by molar-refractivity contribution is -0.152. The van der Waals surface area contributed by atoms with E-state index in [4.69, 9.17) is 37.4 Å². The van der Waals surface area contributed by atoms with Gasteiger partial charge in [0.05, 0.1) is 27.9 Å². The number of halogens is 4. The Bertz CT molecular complexity index is 1960. The molecular weight excluding hydrogens is 719 g/mol. The molecule has 2 aromatic heterocycles. The first kappa shape index (κ1) is 37.1. The third-order valence-electron chi connectivity index (χ3n) is 7.45. The van der Waals surface area contributed by atoms with Crippen LogP contribution >= 0.6 is 23.2 Å². The number of benzene rings is 2. The highest BCUT2D eigenvalue weighted by Crippen LogP contribution is 2.38. The maximum Gasteiger partial charge on any atom is 0.387 e. The highest BCUT2D eigenvalue weighted by Gasteiger charge is 2.27. The van der Waals surface area contributed by atoms with Crippen molar-refractivity contribution in [1.82, 2.24) is 9.55 Å². The Labute approximate surface area is 297 Å². The summed E-state index contributed by atoms with van der Waals surface area (Å²) >= 11 is 12.8. The van der Waals surface area contributed by atoms with Crippen molar-refractivity contribution in [2.24, 2.45) is 5.92 Å². The summed E-state index contributed by atoms with van der Waals surface area (Å²) < 4.78 is 77.5. The zero-order valence-electron chi connectivity index (χ0n) is 27.3. The van der Waals surface area contributed by atoms with Gasteiger partial charge in [0.1, 0.15) is 18.2 Å². The number of sulfonamides is 1. The molecule has 16 heteroatoms. The number of pyridine rings is 1. The van der Waals surface area contributed by atoms with E-state index in [0.717, 1.165) is 12.8 Å². The Morgan fingerprint density at radius 1 is 1.04 bits per heavy atom. The Balaban J connectivity index is 1.38. The van der Waals surface area contributed by atoms with Gasteiger partial charge in [0.25, 0.3) is 0 Å². The molecule has 2 heterocycles. The minimum atomic E-state index is -4.13. The number of nitrogens with one attached hydrogen (secondary N) is 1. The Kier molecular flexibility index (Phi) is 11.4. The summed E-state index contributed by atoms with van der Waals surface area (Å²) in [7, 11) is -4.13. The molecule has 0 bridgehead atoms. The minimum Gasteiger partial charge on any atom is -0.489 e. The van der Waals surface area contributed by atoms with Crippen molar-refractivity contribution >= 4 is 61.8 Å². The average Bonchev–Trinajstić information content (AvgIpc) is 3.75. The summed E-state index contributed by atoms with van der Waals surface area (Å²) in [5.41, 5.74) is 0.702. The van der Waals surface area contributed by atoms with E-state index in [1.807, 2.05) is 0 Å². The fourth-order valence-corrected chi connectivity index (χ4v) is 6.56. The molecule has 1 aliphatic carbocycles. The summed E-state index contributed by atoms with van der Waals surface area (Å²) in [5.74, 6) is -2.24. The lowest BCUT2D eigenvalue weighted by Gasteiger charge is -2.22. The van der Waals surface area contributed by atoms with Gasteiger partial charge in [-0.15, -0.1) is 0 Å². The van der Waals surface area contributed by atoms with Crippen molar-refractivity contribution in [3.63, 3.8) is 0 Å². The second-order valence-electron chi connectivity index (χ2n) is 12.7. The first-order valence-electron chi connectivity index (χ1n) is 15.6. The third-order valence-corrected chi connectivity index (χ3v) is 9.25. The average molecular weight is 755 g/mol. The van der Waals surface area contributed by atoms with Crippen LogP contribution in [0.4, 0.5) is 14.5 Å². The van der Waals surface area contributed by atoms with Gasteiger partial charge < -0.3 is 23.5 Å². The number of anilines is 1. The van der Waals surface area contributed by atoms with Crippen molar-refractivity contribution in [2.75, 3.05) is 17.1 Å². The van der Waals surface area contributed by atoms with Crippen LogP contribution in [0.5, 0.6) is 11.5 Å². The number of nitrogens with zero attached hydrogens (tertiary/aromatic N) is 2. The van der Waals surface area contributed by atoms with E-state index < -0.39 is 46.0 Å². The zero-order chi connectivity index (χ0) is 36.2. The number of hydrogen-bond donors (Lipinski definition) is 1. The number of aromatic nitrogens is 2. The standard InChI is InChI=1S/C34H35Cl2F2N3O8S/c1-34(2,3)49-32(43)19-50(44,45)40-26-5-4-6-27-22(26)11-12-41(27)17-31(42)47-29(14-23-24(35)15-39-16-25(23)36)21-9-10-28(48-33(37)38)30(13-21)46-18-20-7-8-20/h4-6,9-13,15-16,20,29,33,40H,7-8,14,17-19H2,1-3H3/t29-/m0/s1. The van der Waals surface area contributed by atoms with E-state index >= 15 is 0 Å². The van der Waals surface area contributed by atoms with Gasteiger partial charge in [0.15, 0.2) is 17.3 Å². The van der Waals surface area contributed by atoms with Crippen LogP contribution in [0.25, 0.3) is 10.9 Å². The highest BCUT2D eigenvalue weighted by atomic mass is 35.5. The molecule has 5 rings (SSSR count). The van der Waals surface area contributed by atoms with Crippen molar-refractivity contribution in [3.05, 3.63) is 82.2 Å². The molecule has 0 aliphatic heterocycles. The van der Waals surface area contributed by atoms with E-state index in [9.17, 15) is 26.8 Å². The molecule has 268 valence electrons. The molecule has 1 N–H and O–H groups in total. The van der Waals surface area contributed by atoms with Gasteiger partial charge >= 0.3 is 18.6 Å². The molecule has 0 spiro atoms. The fraction of sp³-hybridized carbons (Fsp3) is 0.382. The van der Waals surface area contributed by atoms with Crippen LogP contribution < -0.4 is 14.2 Å². The van der Waals surface area contributed by atoms with Crippen LogP contribution in [0, 0.1) is 5.92 Å². The van der Waals surface area contributed by atoms with Crippen molar-refractivity contribution in [2.45, 2.75) is 64.9 Å². The maximum absolute atomic E-state index is 13.5. The van der Waals surface area contributed by atoms with E-state index in [-0.39, 0.29) is 40.2 Å². The number of carbonyl (C=O) groups is 2. The fourth-order valence-electron chi connectivity index (χ4n) is 5.08. The number of rotatable bonds is 15. The van der Waals surface area contributed by atoms with E-state index in [1.165, 1.54) is 36.7 Å². The third kappa shape index (κ3) is 10.2. The van der Waals surface area contributed by atoms with Gasteiger partial charge in [0, 0.05) is 30.4 Å². The number of fused-ring (bicyclic) bond motifs is 1. The lowest BCUT2D eigenvalue weighted by Crippen LogP contribution is -2.30. The van der Waals surface area contributed by atoms with E-state index in [1.54, 1.807) is 49.7 Å². The van der Waals surface area contributed by atoms with Crippen LogP contribution in [0.2, 0.25) is 10.0 Å². The van der Waals surface area contributed by atoms with Gasteiger partial charge in [-0.25, -0.2) is 8.42 Å². The van der Waals surface area contributed by atoms with Crippen LogP contribution in [-0.4, -0.2) is 54.5 Å². The summed E-state index contributed by atoms with van der Waals surface area (Å²) in [5, 5.41) is 0.936. The second kappa shape index (κ2) is 15.4. The monoisotopic (exact) mass is 753 g/mol. The van der Waals surface area contributed by atoms with E-state index in [0.29, 0.717) is 34.6 Å². The molecule has 0 radical (unpaired) electrons. The largest absolute Gasteiger partial charge is 0.489 e. The molecule has 11 nitrogen and oxygen atoms in total. The molecule has 0 saturated heterocycles. The Morgan fingerprint density at radius 3 is 2.42 bits per heavy atom. The predicted molar refractivity (Wildman–Crippen MR) is 183 cm³/mol. The van der Waals surface area contributed by atoms with Crippen molar-refractivity contribution in [1.29, 1.82) is 0 Å². The van der Waals surface area contributed by atoms with Crippen LogP contribution in [0.1, 0.15) is 50.8 Å². The van der Waals surface area contributed by atoms with Crippen LogP contribution in [-0.2, 0) is 42.1 Å². The number of ether oxygens (including phenoxy) is 4. The normalized spacial score (nSPS) is 14.0. The number of carbonyl (C=O) groups excluding carboxylic acids is 2. The molecule has 1 atom stereocenters. The van der Waals surface area contributed by atoms with Crippen molar-refractivity contribution < 1.29 is 45.7 Å². The molecule has 1 aliphatic rings. The quantitative estimate of drug-likeness (QED) is 0.124. The summed E-state index contributed by atoms with van der Waals surface area (Å²) in [6.45, 7) is 1.85. The SMILES string of the molecule is CC(C)(C)OC(=O)CS(=O)(=O)Nc1cccc2c1ccn2CC(=O)O[C@@H](Cc1c(Cl)cncc1Cl)c1ccc(OC(F)F)c(OCC2CC2)c1. The molecule has 4 aromatic rings.